The third-order valence-corrected chi connectivity index (χ3v) is 5.64. The number of carbonyl (C=O) groups is 1. The second-order valence-electron chi connectivity index (χ2n) is 7.38. The zero-order chi connectivity index (χ0) is 20.5. The van der Waals surface area contributed by atoms with Gasteiger partial charge in [0, 0.05) is 38.4 Å². The number of hydrogen-bond acceptors (Lipinski definition) is 4. The second-order valence-corrected chi connectivity index (χ2v) is 7.38. The molecule has 0 N–H and O–H groups in total. The minimum absolute atomic E-state index is 0.0779. The summed E-state index contributed by atoms with van der Waals surface area (Å²) in [5, 5.41) is 0. The van der Waals surface area contributed by atoms with Crippen LogP contribution < -0.4 is 10.4 Å². The van der Waals surface area contributed by atoms with Crippen molar-refractivity contribution in [2.24, 2.45) is 13.0 Å². The number of rotatable bonds is 4. The minimum Gasteiger partial charge on any atom is -0.494 e. The summed E-state index contributed by atoms with van der Waals surface area (Å²) in [6.07, 6.45) is 3.24. The molecule has 0 unspecified atom stereocenters. The number of amides is 1. The molecule has 0 atom stereocenters. The number of piperidine rings is 1. The molecule has 7 nitrogen and oxygen atoms in total. The smallest absolute Gasteiger partial charge is 0.330 e. The number of fused-ring (bicyclic) bond motifs is 1. The van der Waals surface area contributed by atoms with E-state index >= 15 is 0 Å². The van der Waals surface area contributed by atoms with Crippen molar-refractivity contribution in [3.63, 3.8) is 0 Å². The summed E-state index contributed by atoms with van der Waals surface area (Å²) in [7, 11) is 3.14. The van der Waals surface area contributed by atoms with E-state index in [4.69, 9.17) is 4.74 Å². The number of aryl methyl sites for hydroxylation is 1. The SMILES string of the molecule is COc1ccc(C(=O)N2CCC(Cn3c(=O)n(C)c4cccnc43)CC2)cc1F. The number of carbonyl (C=O) groups excluding carboxylic acids is 1. The fourth-order valence-corrected chi connectivity index (χ4v) is 3.96. The summed E-state index contributed by atoms with van der Waals surface area (Å²) >= 11 is 0. The van der Waals surface area contributed by atoms with Crippen LogP contribution in [0.25, 0.3) is 11.2 Å². The van der Waals surface area contributed by atoms with E-state index in [1.165, 1.54) is 19.2 Å². The van der Waals surface area contributed by atoms with Gasteiger partial charge in [0.25, 0.3) is 5.91 Å². The molecule has 0 saturated carbocycles. The molecule has 1 aromatic carbocycles. The van der Waals surface area contributed by atoms with Gasteiger partial charge in [-0.05, 0) is 49.1 Å². The molecule has 0 radical (unpaired) electrons. The van der Waals surface area contributed by atoms with Crippen LogP contribution in [0.2, 0.25) is 0 Å². The van der Waals surface area contributed by atoms with Crippen molar-refractivity contribution in [3.05, 3.63) is 58.4 Å². The van der Waals surface area contributed by atoms with Crippen LogP contribution in [0.3, 0.4) is 0 Å². The number of nitrogens with zero attached hydrogens (tertiary/aromatic N) is 4. The zero-order valence-corrected chi connectivity index (χ0v) is 16.5. The largest absolute Gasteiger partial charge is 0.494 e. The van der Waals surface area contributed by atoms with Crippen molar-refractivity contribution < 1.29 is 13.9 Å². The lowest BCUT2D eigenvalue weighted by atomic mass is 9.96. The first kappa shape index (κ1) is 19.2. The van der Waals surface area contributed by atoms with Crippen LogP contribution in [0.1, 0.15) is 23.2 Å². The fourth-order valence-electron chi connectivity index (χ4n) is 3.96. The Morgan fingerprint density at radius 2 is 2.03 bits per heavy atom. The molecule has 29 heavy (non-hydrogen) atoms. The Hall–Kier alpha value is -3.16. The number of aromatic nitrogens is 3. The van der Waals surface area contributed by atoms with E-state index in [-0.39, 0.29) is 23.3 Å². The van der Waals surface area contributed by atoms with Gasteiger partial charge in [-0.2, -0.15) is 0 Å². The van der Waals surface area contributed by atoms with Crippen molar-refractivity contribution >= 4 is 17.1 Å². The summed E-state index contributed by atoms with van der Waals surface area (Å²) in [5.74, 6) is -0.337. The van der Waals surface area contributed by atoms with Crippen molar-refractivity contribution in [2.75, 3.05) is 20.2 Å². The Kier molecular flexibility index (Phi) is 5.08. The molecule has 1 aliphatic heterocycles. The number of benzene rings is 1. The molecule has 0 bridgehead atoms. The molecule has 1 aliphatic rings. The van der Waals surface area contributed by atoms with Gasteiger partial charge in [-0.15, -0.1) is 0 Å². The Morgan fingerprint density at radius 3 is 2.72 bits per heavy atom. The molecular formula is C21H23FN4O3. The van der Waals surface area contributed by atoms with Crippen LogP contribution in [0.15, 0.2) is 41.3 Å². The van der Waals surface area contributed by atoms with Crippen molar-refractivity contribution in [2.45, 2.75) is 19.4 Å². The summed E-state index contributed by atoms with van der Waals surface area (Å²) in [6, 6.07) is 7.97. The highest BCUT2D eigenvalue weighted by atomic mass is 19.1. The lowest BCUT2D eigenvalue weighted by Crippen LogP contribution is -2.40. The van der Waals surface area contributed by atoms with E-state index in [0.717, 1.165) is 18.4 Å². The third-order valence-electron chi connectivity index (χ3n) is 5.64. The summed E-state index contributed by atoms with van der Waals surface area (Å²) in [5.41, 5.74) is 1.74. The fraction of sp³-hybridized carbons (Fsp3) is 0.381. The molecule has 3 heterocycles. The molecule has 2 aromatic heterocycles. The number of hydrogen-bond donors (Lipinski definition) is 0. The van der Waals surface area contributed by atoms with Gasteiger partial charge in [0.15, 0.2) is 17.2 Å². The monoisotopic (exact) mass is 398 g/mol. The lowest BCUT2D eigenvalue weighted by molar-refractivity contribution is 0.0682. The third kappa shape index (κ3) is 3.50. The molecule has 152 valence electrons. The Morgan fingerprint density at radius 1 is 1.28 bits per heavy atom. The highest BCUT2D eigenvalue weighted by Crippen LogP contribution is 2.23. The molecule has 1 amide bonds. The maximum Gasteiger partial charge on any atom is 0.330 e. The normalized spacial score (nSPS) is 15.1. The number of pyridine rings is 1. The number of halogens is 1. The van der Waals surface area contributed by atoms with Gasteiger partial charge in [0.05, 0.1) is 12.6 Å². The number of likely N-dealkylation sites (tertiary alicyclic amines) is 1. The van der Waals surface area contributed by atoms with Crippen LogP contribution in [-0.2, 0) is 13.6 Å². The molecule has 3 aromatic rings. The van der Waals surface area contributed by atoms with Crippen LogP contribution in [0.5, 0.6) is 5.75 Å². The topological polar surface area (TPSA) is 69.4 Å². The van der Waals surface area contributed by atoms with Crippen LogP contribution in [0, 0.1) is 11.7 Å². The number of imidazole rings is 1. The first-order chi connectivity index (χ1) is 14.0. The van der Waals surface area contributed by atoms with Crippen molar-refractivity contribution in [1.82, 2.24) is 19.0 Å². The highest BCUT2D eigenvalue weighted by molar-refractivity contribution is 5.94. The first-order valence-electron chi connectivity index (χ1n) is 9.62. The van der Waals surface area contributed by atoms with Gasteiger partial charge in [-0.3, -0.25) is 13.9 Å². The van der Waals surface area contributed by atoms with Gasteiger partial charge < -0.3 is 9.64 Å². The molecule has 8 heteroatoms. The molecule has 1 saturated heterocycles. The standard InChI is InChI=1S/C21H23FN4O3/c1-24-17-4-3-9-23-19(17)26(21(24)28)13-14-7-10-25(11-8-14)20(27)15-5-6-18(29-2)16(22)12-15/h3-6,9,12,14H,7-8,10-11,13H2,1-2H3. The quantitative estimate of drug-likeness (QED) is 0.677. The average Bonchev–Trinajstić information content (AvgIpc) is 2.99. The molecule has 0 aliphatic carbocycles. The number of methoxy groups -OCH3 is 1. The molecular weight excluding hydrogens is 375 g/mol. The van der Waals surface area contributed by atoms with E-state index in [2.05, 4.69) is 4.98 Å². The Labute approximate surface area is 167 Å². The Balaban J connectivity index is 1.44. The van der Waals surface area contributed by atoms with E-state index in [9.17, 15) is 14.0 Å². The van der Waals surface area contributed by atoms with Gasteiger partial charge in [0.1, 0.15) is 0 Å². The predicted molar refractivity (Wildman–Crippen MR) is 107 cm³/mol. The minimum atomic E-state index is -0.545. The van der Waals surface area contributed by atoms with Gasteiger partial charge in [0.2, 0.25) is 0 Å². The van der Waals surface area contributed by atoms with E-state index in [1.807, 2.05) is 12.1 Å². The van der Waals surface area contributed by atoms with Crippen molar-refractivity contribution in [1.29, 1.82) is 0 Å². The Bertz CT molecular complexity index is 1110. The van der Waals surface area contributed by atoms with E-state index in [1.54, 1.807) is 33.3 Å². The summed E-state index contributed by atoms with van der Waals surface area (Å²) in [6.45, 7) is 1.72. The zero-order valence-electron chi connectivity index (χ0n) is 16.5. The first-order valence-corrected chi connectivity index (χ1v) is 9.62. The summed E-state index contributed by atoms with van der Waals surface area (Å²) in [4.78, 5) is 31.4. The van der Waals surface area contributed by atoms with Crippen LogP contribution >= 0.6 is 0 Å². The van der Waals surface area contributed by atoms with E-state index < -0.39 is 5.82 Å². The maximum atomic E-state index is 13.9. The van der Waals surface area contributed by atoms with Gasteiger partial charge in [-0.25, -0.2) is 14.2 Å². The van der Waals surface area contributed by atoms with E-state index in [0.29, 0.717) is 30.8 Å². The molecule has 1 fully saturated rings. The predicted octanol–water partition coefficient (Wildman–Crippen LogP) is 2.44. The maximum absolute atomic E-state index is 13.9. The molecule has 0 spiro atoms. The second kappa shape index (κ2) is 7.69. The van der Waals surface area contributed by atoms with Crippen molar-refractivity contribution in [3.8, 4) is 5.75 Å². The van der Waals surface area contributed by atoms with Gasteiger partial charge >= 0.3 is 5.69 Å². The molecule has 4 rings (SSSR count). The average molecular weight is 398 g/mol. The van der Waals surface area contributed by atoms with Crippen LogP contribution in [-0.4, -0.2) is 45.1 Å². The number of ether oxygens (including phenoxy) is 1. The summed E-state index contributed by atoms with van der Waals surface area (Å²) < 4.78 is 22.1. The highest BCUT2D eigenvalue weighted by Gasteiger charge is 2.26. The lowest BCUT2D eigenvalue weighted by Gasteiger charge is -2.32. The van der Waals surface area contributed by atoms with Crippen LogP contribution in [0.4, 0.5) is 4.39 Å². The van der Waals surface area contributed by atoms with Gasteiger partial charge in [-0.1, -0.05) is 0 Å².